The fourth-order valence-electron chi connectivity index (χ4n) is 1.47. The van der Waals surface area contributed by atoms with Gasteiger partial charge in [0.1, 0.15) is 0 Å². The Kier molecular flexibility index (Phi) is 6.36. The highest BCUT2D eigenvalue weighted by molar-refractivity contribution is 8.13. The zero-order valence-corrected chi connectivity index (χ0v) is 12.7. The van der Waals surface area contributed by atoms with Crippen molar-refractivity contribution in [2.24, 2.45) is 5.92 Å². The molecule has 0 heterocycles. The molecule has 0 saturated carbocycles. The summed E-state index contributed by atoms with van der Waals surface area (Å²) in [5.41, 5.74) is 0. The Bertz CT molecular complexity index is 499. The molecule has 0 spiro atoms. The summed E-state index contributed by atoms with van der Waals surface area (Å²) in [5, 5.41) is 0.219. The minimum atomic E-state index is -3.46. The van der Waals surface area contributed by atoms with E-state index in [9.17, 15) is 12.8 Å². The third-order valence-corrected chi connectivity index (χ3v) is 4.11. The quantitative estimate of drug-likeness (QED) is 0.714. The Morgan fingerprint density at radius 1 is 1.37 bits per heavy atom. The van der Waals surface area contributed by atoms with Crippen LogP contribution in [0.15, 0.2) is 18.2 Å². The molecule has 0 amide bonds. The van der Waals surface area contributed by atoms with Crippen LogP contribution in [0.1, 0.15) is 19.8 Å². The summed E-state index contributed by atoms with van der Waals surface area (Å²) in [7, 11) is 1.66. The van der Waals surface area contributed by atoms with Crippen molar-refractivity contribution in [3.63, 3.8) is 0 Å². The van der Waals surface area contributed by atoms with E-state index < -0.39 is 14.9 Å². The standard InChI is InChI=1S/C12H15Cl2FO3S/c1-9(6-8-19(14,16)17)5-7-18-12-10(13)3-2-4-11(12)15/h2-4,9H,5-8H2,1H3. The Morgan fingerprint density at radius 2 is 2.05 bits per heavy atom. The molecule has 0 aliphatic heterocycles. The largest absolute Gasteiger partial charge is 0.489 e. The molecule has 0 aromatic heterocycles. The average molecular weight is 329 g/mol. The van der Waals surface area contributed by atoms with E-state index in [2.05, 4.69) is 0 Å². The Morgan fingerprint density at radius 3 is 2.63 bits per heavy atom. The molecular formula is C12H15Cl2FO3S. The highest BCUT2D eigenvalue weighted by Gasteiger charge is 2.11. The molecular weight excluding hydrogens is 314 g/mol. The van der Waals surface area contributed by atoms with Crippen LogP contribution in [0.2, 0.25) is 5.02 Å². The predicted molar refractivity (Wildman–Crippen MR) is 74.9 cm³/mol. The van der Waals surface area contributed by atoms with Gasteiger partial charge in [-0.2, -0.15) is 0 Å². The van der Waals surface area contributed by atoms with Gasteiger partial charge in [-0.25, -0.2) is 12.8 Å². The van der Waals surface area contributed by atoms with Crippen molar-refractivity contribution in [3.05, 3.63) is 29.0 Å². The predicted octanol–water partition coefficient (Wildman–Crippen LogP) is 3.84. The molecule has 0 bridgehead atoms. The van der Waals surface area contributed by atoms with Crippen LogP contribution in [0.5, 0.6) is 5.75 Å². The molecule has 0 aliphatic carbocycles. The fraction of sp³-hybridized carbons (Fsp3) is 0.500. The first kappa shape index (κ1) is 16.5. The lowest BCUT2D eigenvalue weighted by Gasteiger charge is -2.12. The molecule has 0 N–H and O–H groups in total. The van der Waals surface area contributed by atoms with Gasteiger partial charge >= 0.3 is 0 Å². The zero-order valence-electron chi connectivity index (χ0n) is 10.4. The molecule has 0 saturated heterocycles. The van der Waals surface area contributed by atoms with Crippen LogP contribution < -0.4 is 4.74 Å². The Hall–Kier alpha value is -0.520. The van der Waals surface area contributed by atoms with Gasteiger partial charge in [-0.15, -0.1) is 0 Å². The molecule has 1 aromatic carbocycles. The van der Waals surface area contributed by atoms with E-state index in [0.717, 1.165) is 0 Å². The summed E-state index contributed by atoms with van der Waals surface area (Å²) in [4.78, 5) is 0. The van der Waals surface area contributed by atoms with Crippen molar-refractivity contribution in [3.8, 4) is 5.75 Å². The second kappa shape index (κ2) is 7.31. The summed E-state index contributed by atoms with van der Waals surface area (Å²) < 4.78 is 40.2. The normalized spacial score (nSPS) is 13.3. The van der Waals surface area contributed by atoms with Crippen LogP contribution in [0.3, 0.4) is 0 Å². The van der Waals surface area contributed by atoms with Crippen molar-refractivity contribution in [2.75, 3.05) is 12.4 Å². The number of ether oxygens (including phenoxy) is 1. The van der Waals surface area contributed by atoms with Crippen molar-refractivity contribution < 1.29 is 17.5 Å². The molecule has 1 atom stereocenters. The van der Waals surface area contributed by atoms with E-state index in [-0.39, 0.29) is 29.0 Å². The lowest BCUT2D eigenvalue weighted by atomic mass is 10.1. The number of hydrogen-bond acceptors (Lipinski definition) is 3. The second-order valence-corrected chi connectivity index (χ2v) is 7.63. The van der Waals surface area contributed by atoms with Gasteiger partial charge in [-0.1, -0.05) is 24.6 Å². The van der Waals surface area contributed by atoms with Gasteiger partial charge in [-0.05, 0) is 30.9 Å². The van der Waals surface area contributed by atoms with Gasteiger partial charge in [0.15, 0.2) is 11.6 Å². The van der Waals surface area contributed by atoms with Crippen LogP contribution in [0, 0.1) is 11.7 Å². The van der Waals surface area contributed by atoms with Crippen molar-refractivity contribution in [1.29, 1.82) is 0 Å². The molecule has 1 rings (SSSR count). The molecule has 0 fully saturated rings. The SMILES string of the molecule is CC(CCOc1c(F)cccc1Cl)CCS(=O)(=O)Cl. The minimum Gasteiger partial charge on any atom is -0.489 e. The summed E-state index contributed by atoms with van der Waals surface area (Å²) >= 11 is 5.80. The van der Waals surface area contributed by atoms with Gasteiger partial charge in [0.25, 0.3) is 0 Å². The molecule has 19 heavy (non-hydrogen) atoms. The van der Waals surface area contributed by atoms with Gasteiger partial charge in [0, 0.05) is 10.7 Å². The van der Waals surface area contributed by atoms with Gasteiger partial charge in [-0.3, -0.25) is 0 Å². The van der Waals surface area contributed by atoms with E-state index in [4.69, 9.17) is 27.0 Å². The van der Waals surface area contributed by atoms with Crippen LogP contribution in [0.4, 0.5) is 4.39 Å². The van der Waals surface area contributed by atoms with Crippen LogP contribution >= 0.6 is 22.3 Å². The van der Waals surface area contributed by atoms with Crippen molar-refractivity contribution >= 4 is 31.3 Å². The van der Waals surface area contributed by atoms with Crippen LogP contribution in [-0.4, -0.2) is 20.8 Å². The van der Waals surface area contributed by atoms with Crippen molar-refractivity contribution in [1.82, 2.24) is 0 Å². The smallest absolute Gasteiger partial charge is 0.232 e. The molecule has 1 aromatic rings. The fourth-order valence-corrected chi connectivity index (χ4v) is 2.64. The lowest BCUT2D eigenvalue weighted by molar-refractivity contribution is 0.270. The topological polar surface area (TPSA) is 43.4 Å². The third-order valence-electron chi connectivity index (χ3n) is 2.63. The van der Waals surface area contributed by atoms with Gasteiger partial charge < -0.3 is 4.74 Å². The van der Waals surface area contributed by atoms with E-state index in [1.54, 1.807) is 6.07 Å². The third kappa shape index (κ3) is 6.45. The first-order chi connectivity index (χ1) is 8.79. The molecule has 3 nitrogen and oxygen atoms in total. The molecule has 7 heteroatoms. The Labute approximate surface area is 122 Å². The highest BCUT2D eigenvalue weighted by atomic mass is 35.7. The highest BCUT2D eigenvalue weighted by Crippen LogP contribution is 2.27. The molecule has 108 valence electrons. The van der Waals surface area contributed by atoms with Gasteiger partial charge in [0.2, 0.25) is 9.05 Å². The molecule has 1 unspecified atom stereocenters. The van der Waals surface area contributed by atoms with E-state index in [0.29, 0.717) is 12.8 Å². The van der Waals surface area contributed by atoms with E-state index >= 15 is 0 Å². The zero-order chi connectivity index (χ0) is 14.5. The second-order valence-electron chi connectivity index (χ2n) is 4.32. The van der Waals surface area contributed by atoms with Gasteiger partial charge in [0.05, 0.1) is 17.4 Å². The number of para-hydroxylation sites is 1. The molecule has 0 radical (unpaired) electrons. The maximum absolute atomic E-state index is 13.4. The van der Waals surface area contributed by atoms with E-state index in [1.165, 1.54) is 12.1 Å². The number of halogens is 3. The average Bonchev–Trinajstić information content (AvgIpc) is 2.29. The van der Waals surface area contributed by atoms with E-state index in [1.807, 2.05) is 6.92 Å². The summed E-state index contributed by atoms with van der Waals surface area (Å²) in [6, 6.07) is 4.31. The lowest BCUT2D eigenvalue weighted by Crippen LogP contribution is -2.09. The van der Waals surface area contributed by atoms with Crippen molar-refractivity contribution in [2.45, 2.75) is 19.8 Å². The Balaban J connectivity index is 2.38. The monoisotopic (exact) mass is 328 g/mol. The first-order valence-corrected chi connectivity index (χ1v) is 8.64. The first-order valence-electron chi connectivity index (χ1n) is 5.78. The van der Waals surface area contributed by atoms with Crippen LogP contribution in [0.25, 0.3) is 0 Å². The minimum absolute atomic E-state index is 0.0290. The summed E-state index contributed by atoms with van der Waals surface area (Å²) in [6.07, 6.45) is 1.04. The maximum Gasteiger partial charge on any atom is 0.232 e. The summed E-state index contributed by atoms with van der Waals surface area (Å²) in [5.74, 6) is -0.445. The van der Waals surface area contributed by atoms with Crippen LogP contribution in [-0.2, 0) is 9.05 Å². The molecule has 0 aliphatic rings. The number of benzene rings is 1. The number of rotatable bonds is 7. The summed E-state index contributed by atoms with van der Waals surface area (Å²) in [6.45, 7) is 2.15. The maximum atomic E-state index is 13.4. The number of hydrogen-bond donors (Lipinski definition) is 0.